The lowest BCUT2D eigenvalue weighted by Gasteiger charge is -2.25. The molecule has 0 saturated carbocycles. The largest absolute Gasteiger partial charge is 0.336 e. The summed E-state index contributed by atoms with van der Waals surface area (Å²) in [6.45, 7) is 0. The van der Waals surface area contributed by atoms with E-state index in [1.165, 1.54) is 12.8 Å². The Hall–Kier alpha value is 0.220. The van der Waals surface area contributed by atoms with Crippen LogP contribution in [0.1, 0.15) is 12.8 Å². The molecule has 0 radical (unpaired) electrons. The molecule has 5 heteroatoms. The lowest BCUT2D eigenvalue weighted by Crippen LogP contribution is -2.52. The van der Waals surface area contributed by atoms with Crippen molar-refractivity contribution in [1.29, 1.82) is 0 Å². The smallest absolute Gasteiger partial charge is 0.116 e. The van der Waals surface area contributed by atoms with Gasteiger partial charge in [-0.1, -0.05) is 0 Å². The minimum Gasteiger partial charge on any atom is -0.336 e. The molecule has 9 heavy (non-hydrogen) atoms. The van der Waals surface area contributed by atoms with Crippen LogP contribution < -0.4 is 5.32 Å². The summed E-state index contributed by atoms with van der Waals surface area (Å²) < 4.78 is 0. The van der Waals surface area contributed by atoms with Gasteiger partial charge in [0.1, 0.15) is 31.4 Å². The quantitative estimate of drug-likeness (QED) is 0.322. The summed E-state index contributed by atoms with van der Waals surface area (Å²) in [4.78, 5) is 0. The van der Waals surface area contributed by atoms with Crippen molar-refractivity contribution in [3.05, 3.63) is 0 Å². The minimum atomic E-state index is 0.378. The third kappa shape index (κ3) is 1.82. The van der Waals surface area contributed by atoms with Crippen LogP contribution in [0.2, 0.25) is 0 Å². The van der Waals surface area contributed by atoms with Gasteiger partial charge in [0.05, 0.1) is 0 Å². The predicted octanol–water partition coefficient (Wildman–Crippen LogP) is -3.79. The van der Waals surface area contributed by atoms with Crippen molar-refractivity contribution in [2.45, 2.75) is 23.5 Å². The van der Waals surface area contributed by atoms with Crippen molar-refractivity contribution in [3.8, 4) is 0 Å². The molecule has 1 fully saturated rings. The van der Waals surface area contributed by atoms with Crippen LogP contribution in [0.3, 0.4) is 0 Å². The van der Waals surface area contributed by atoms with Crippen LogP contribution in [0.25, 0.3) is 0 Å². The molecule has 1 saturated heterocycles. The zero-order valence-corrected chi connectivity index (χ0v) is 6.91. The van der Waals surface area contributed by atoms with Gasteiger partial charge in [-0.05, 0) is 23.5 Å². The molecule has 1 N–H and O–H groups in total. The van der Waals surface area contributed by atoms with Gasteiger partial charge in [-0.25, -0.2) is 0 Å². The molecule has 0 atom stereocenters. The van der Waals surface area contributed by atoms with E-state index >= 15 is 0 Å². The lowest BCUT2D eigenvalue weighted by atomic mass is 9.61. The first kappa shape index (κ1) is 7.33. The highest BCUT2D eigenvalue weighted by atomic mass is 15.0. The summed E-state index contributed by atoms with van der Waals surface area (Å²) in [7, 11) is 9.06. The van der Waals surface area contributed by atoms with Gasteiger partial charge < -0.3 is 5.32 Å². The van der Waals surface area contributed by atoms with Crippen molar-refractivity contribution in [2.24, 2.45) is 0 Å². The minimum absolute atomic E-state index is 0.378. The van der Waals surface area contributed by atoms with Crippen molar-refractivity contribution in [1.82, 2.24) is 5.32 Å². The topological polar surface area (TPSA) is 12.0 Å². The summed E-state index contributed by atoms with van der Waals surface area (Å²) in [6.07, 6.45) is 2.61. The molecule has 0 bridgehead atoms. The second-order valence-electron chi connectivity index (χ2n) is 4.39. The molecule has 1 rings (SSSR count). The van der Waals surface area contributed by atoms with Crippen molar-refractivity contribution < 1.29 is 0 Å². The van der Waals surface area contributed by atoms with Crippen LogP contribution in [-0.4, -0.2) is 42.1 Å². The fourth-order valence-electron chi connectivity index (χ4n) is 1.67. The van der Waals surface area contributed by atoms with Crippen LogP contribution in [0.15, 0.2) is 0 Å². The maximum Gasteiger partial charge on any atom is 0.116 e. The summed E-state index contributed by atoms with van der Waals surface area (Å²) in [5.74, 6) is 0. The Morgan fingerprint density at radius 2 is 1.22 bits per heavy atom. The number of nitrogens with one attached hydrogen (secondary N) is 1. The number of hydrogen-bond acceptors (Lipinski definition) is 1. The van der Waals surface area contributed by atoms with Crippen molar-refractivity contribution >= 4 is 31.4 Å². The molecule has 1 aliphatic rings. The zero-order valence-electron chi connectivity index (χ0n) is 6.91. The molecule has 1 nitrogen and oxygen atoms in total. The van der Waals surface area contributed by atoms with Crippen LogP contribution in [0, 0.1) is 0 Å². The average Bonchev–Trinajstić information content (AvgIpc) is 1.78. The number of rotatable bonds is 0. The summed E-state index contributed by atoms with van der Waals surface area (Å²) >= 11 is 0. The molecular formula is C4H13B4N. The third-order valence-electron chi connectivity index (χ3n) is 2.05. The molecule has 0 aliphatic carbocycles. The van der Waals surface area contributed by atoms with E-state index in [1.54, 1.807) is 0 Å². The van der Waals surface area contributed by atoms with Crippen LogP contribution in [0.4, 0.5) is 0 Å². The lowest BCUT2D eigenvalue weighted by molar-refractivity contribution is 0.663. The second-order valence-corrected chi connectivity index (χ2v) is 4.39. The first-order valence-corrected chi connectivity index (χ1v) is 3.71. The van der Waals surface area contributed by atoms with Crippen LogP contribution in [0.5, 0.6) is 0 Å². The van der Waals surface area contributed by atoms with Gasteiger partial charge in [0.15, 0.2) is 0 Å². The van der Waals surface area contributed by atoms with Crippen LogP contribution >= 0.6 is 0 Å². The standard InChI is InChI=1S/C4H13B4N/c5-3(6)1-2-4(7,8)9-3/h9H,1-2,5-8H2. The Kier molecular flexibility index (Phi) is 1.51. The van der Waals surface area contributed by atoms with Gasteiger partial charge >= 0.3 is 0 Å². The molecule has 0 spiro atoms. The van der Waals surface area contributed by atoms with E-state index in [0.29, 0.717) is 10.7 Å². The van der Waals surface area contributed by atoms with E-state index < -0.39 is 0 Å². The van der Waals surface area contributed by atoms with Crippen molar-refractivity contribution in [3.63, 3.8) is 0 Å². The normalized spacial score (nSPS) is 30.2. The number of hydrogen-bond donors (Lipinski definition) is 1. The monoisotopic (exact) mass is 119 g/mol. The molecule has 1 aliphatic heterocycles. The molecule has 0 aromatic rings. The Morgan fingerprint density at radius 1 is 0.889 bits per heavy atom. The van der Waals surface area contributed by atoms with E-state index in [-0.39, 0.29) is 0 Å². The van der Waals surface area contributed by atoms with Gasteiger partial charge in [0.25, 0.3) is 0 Å². The summed E-state index contributed by atoms with van der Waals surface area (Å²) in [5.41, 5.74) is 0. The van der Waals surface area contributed by atoms with Crippen molar-refractivity contribution in [2.75, 3.05) is 0 Å². The Morgan fingerprint density at radius 3 is 1.33 bits per heavy atom. The molecule has 0 aromatic heterocycles. The van der Waals surface area contributed by atoms with Crippen LogP contribution in [-0.2, 0) is 0 Å². The molecular weight excluding hydrogens is 105 g/mol. The van der Waals surface area contributed by atoms with Gasteiger partial charge in [-0.2, -0.15) is 0 Å². The highest BCUT2D eigenvalue weighted by Crippen LogP contribution is 2.21. The Balaban J connectivity index is 2.58. The summed E-state index contributed by atoms with van der Waals surface area (Å²) in [5, 5.41) is 4.33. The van der Waals surface area contributed by atoms with E-state index in [0.717, 1.165) is 0 Å². The second kappa shape index (κ2) is 1.85. The third-order valence-corrected chi connectivity index (χ3v) is 2.05. The summed E-state index contributed by atoms with van der Waals surface area (Å²) in [6, 6.07) is 0. The van der Waals surface area contributed by atoms with Gasteiger partial charge in [-0.15, -0.1) is 0 Å². The van der Waals surface area contributed by atoms with E-state index in [9.17, 15) is 0 Å². The molecule has 1 heterocycles. The fourth-order valence-corrected chi connectivity index (χ4v) is 1.67. The maximum atomic E-state index is 3.57. The predicted molar refractivity (Wildman–Crippen MR) is 52.0 cm³/mol. The zero-order chi connectivity index (χ0) is 7.12. The highest BCUT2D eigenvalue weighted by molar-refractivity contribution is 6.45. The molecule has 46 valence electrons. The average molecular weight is 118 g/mol. The molecule has 0 amide bonds. The fraction of sp³-hybridized carbons (Fsp3) is 1.00. The first-order valence-electron chi connectivity index (χ1n) is 3.71. The van der Waals surface area contributed by atoms with E-state index in [4.69, 9.17) is 0 Å². The molecule has 0 unspecified atom stereocenters. The Labute approximate surface area is 61.0 Å². The highest BCUT2D eigenvalue weighted by Gasteiger charge is 2.34. The van der Waals surface area contributed by atoms with Gasteiger partial charge in [0.2, 0.25) is 0 Å². The van der Waals surface area contributed by atoms with Gasteiger partial charge in [-0.3, -0.25) is 0 Å². The maximum absolute atomic E-state index is 3.57. The first-order chi connectivity index (χ1) is 3.91. The Bertz CT molecular complexity index is 108. The van der Waals surface area contributed by atoms with E-state index in [2.05, 4.69) is 36.7 Å². The SMILES string of the molecule is BC1(B)CCC(B)(B)N1. The van der Waals surface area contributed by atoms with E-state index in [1.807, 2.05) is 0 Å². The molecule has 0 aromatic carbocycles. The van der Waals surface area contributed by atoms with Gasteiger partial charge in [0, 0.05) is 0 Å².